The van der Waals surface area contributed by atoms with Gasteiger partial charge in [0, 0.05) is 15.4 Å². The third-order valence-electron chi connectivity index (χ3n) is 4.43. The molecule has 134 valence electrons. The van der Waals surface area contributed by atoms with Crippen molar-refractivity contribution in [3.8, 4) is 5.75 Å². The number of rotatable bonds is 3. The van der Waals surface area contributed by atoms with Gasteiger partial charge in [0.1, 0.15) is 17.4 Å². The zero-order valence-electron chi connectivity index (χ0n) is 14.2. The van der Waals surface area contributed by atoms with Crippen LogP contribution in [0.15, 0.2) is 40.9 Å². The molecule has 1 aliphatic rings. The van der Waals surface area contributed by atoms with Crippen LogP contribution in [0.3, 0.4) is 0 Å². The zero-order chi connectivity index (χ0) is 18.5. The average molecular weight is 420 g/mol. The van der Waals surface area contributed by atoms with Gasteiger partial charge in [0.25, 0.3) is 0 Å². The minimum Gasteiger partial charge on any atom is -0.486 e. The van der Waals surface area contributed by atoms with Gasteiger partial charge in [-0.05, 0) is 38.1 Å². The van der Waals surface area contributed by atoms with Crippen molar-refractivity contribution in [2.24, 2.45) is 0 Å². The standard InChI is InChI=1S/C19H16BrF2N3O/c1-10(13-4-3-5-15-17(13)26-9-19(15,21)22)23-18-14-8-12(20)6-7-16(14)24-11(2)25-18/h3-8,10H,9H2,1-2H3,(H,23,24,25)/t10-/m1/s1. The lowest BCUT2D eigenvalue weighted by Crippen LogP contribution is -2.14. The van der Waals surface area contributed by atoms with Crippen LogP contribution < -0.4 is 10.1 Å². The molecule has 4 rings (SSSR count). The molecule has 2 heterocycles. The predicted molar refractivity (Wildman–Crippen MR) is 99.8 cm³/mol. The highest BCUT2D eigenvalue weighted by molar-refractivity contribution is 9.10. The van der Waals surface area contributed by atoms with Crippen molar-refractivity contribution in [2.75, 3.05) is 11.9 Å². The van der Waals surface area contributed by atoms with Gasteiger partial charge in [0.2, 0.25) is 0 Å². The smallest absolute Gasteiger partial charge is 0.310 e. The monoisotopic (exact) mass is 419 g/mol. The van der Waals surface area contributed by atoms with Crippen LogP contribution in [-0.4, -0.2) is 16.6 Å². The highest BCUT2D eigenvalue weighted by Crippen LogP contribution is 2.45. The lowest BCUT2D eigenvalue weighted by Gasteiger charge is -2.19. The third kappa shape index (κ3) is 2.90. The first-order chi connectivity index (χ1) is 12.3. The number of hydrogen-bond acceptors (Lipinski definition) is 4. The van der Waals surface area contributed by atoms with Gasteiger partial charge in [-0.2, -0.15) is 8.78 Å². The number of alkyl halides is 2. The lowest BCUT2D eigenvalue weighted by atomic mass is 10.0. The van der Waals surface area contributed by atoms with E-state index < -0.39 is 12.5 Å². The Kier molecular flexibility index (Phi) is 4.06. The summed E-state index contributed by atoms with van der Waals surface area (Å²) in [6, 6.07) is 10.3. The average Bonchev–Trinajstić information content (AvgIpc) is 2.91. The van der Waals surface area contributed by atoms with E-state index in [1.54, 1.807) is 12.1 Å². The highest BCUT2D eigenvalue weighted by Gasteiger charge is 2.42. The number of para-hydroxylation sites is 1. The fraction of sp³-hybridized carbons (Fsp3) is 0.263. The molecule has 1 aromatic heterocycles. The Morgan fingerprint density at radius 1 is 1.23 bits per heavy atom. The summed E-state index contributed by atoms with van der Waals surface area (Å²) in [6.07, 6.45) is 0. The fourth-order valence-electron chi connectivity index (χ4n) is 3.20. The number of hydrogen-bond donors (Lipinski definition) is 1. The summed E-state index contributed by atoms with van der Waals surface area (Å²) in [5.74, 6) is -1.40. The van der Waals surface area contributed by atoms with Crippen molar-refractivity contribution in [2.45, 2.75) is 25.8 Å². The number of anilines is 1. The molecule has 0 bridgehead atoms. The maximum Gasteiger partial charge on any atom is 0.310 e. The molecule has 0 fully saturated rings. The van der Waals surface area contributed by atoms with Gasteiger partial charge < -0.3 is 10.1 Å². The third-order valence-corrected chi connectivity index (χ3v) is 4.92. The topological polar surface area (TPSA) is 47.0 Å². The van der Waals surface area contributed by atoms with Crippen molar-refractivity contribution in [3.63, 3.8) is 0 Å². The molecule has 1 atom stereocenters. The number of aryl methyl sites for hydroxylation is 1. The summed E-state index contributed by atoms with van der Waals surface area (Å²) in [6.45, 7) is 3.10. The van der Waals surface area contributed by atoms with Crippen LogP contribution in [0.4, 0.5) is 14.6 Å². The number of aromatic nitrogens is 2. The summed E-state index contributed by atoms with van der Waals surface area (Å²) in [7, 11) is 0. The zero-order valence-corrected chi connectivity index (χ0v) is 15.8. The number of nitrogens with zero attached hydrogens (tertiary/aromatic N) is 2. The number of ether oxygens (including phenoxy) is 1. The Morgan fingerprint density at radius 2 is 2.04 bits per heavy atom. The Labute approximate surface area is 157 Å². The molecule has 0 unspecified atom stereocenters. The van der Waals surface area contributed by atoms with Gasteiger partial charge in [-0.15, -0.1) is 0 Å². The first-order valence-corrected chi connectivity index (χ1v) is 8.99. The number of halogens is 3. The molecule has 4 nitrogen and oxygen atoms in total. The molecule has 2 aromatic carbocycles. The molecule has 7 heteroatoms. The minimum absolute atomic E-state index is 0.0601. The first-order valence-electron chi connectivity index (χ1n) is 8.19. The number of fused-ring (bicyclic) bond motifs is 2. The molecule has 0 amide bonds. The van der Waals surface area contributed by atoms with E-state index in [4.69, 9.17) is 4.74 Å². The number of nitrogens with one attached hydrogen (secondary N) is 1. The van der Waals surface area contributed by atoms with Crippen LogP contribution in [0.1, 0.15) is 29.9 Å². The highest BCUT2D eigenvalue weighted by atomic mass is 79.9. The van der Waals surface area contributed by atoms with Gasteiger partial charge in [-0.1, -0.05) is 28.1 Å². The van der Waals surface area contributed by atoms with Crippen LogP contribution in [-0.2, 0) is 5.92 Å². The Morgan fingerprint density at radius 3 is 2.85 bits per heavy atom. The van der Waals surface area contributed by atoms with Gasteiger partial charge in [-0.3, -0.25) is 0 Å². The lowest BCUT2D eigenvalue weighted by molar-refractivity contribution is -0.0214. The summed E-state index contributed by atoms with van der Waals surface area (Å²) in [5.41, 5.74) is 1.44. The molecule has 1 aliphatic heterocycles. The summed E-state index contributed by atoms with van der Waals surface area (Å²) in [4.78, 5) is 8.94. The Bertz CT molecular complexity index is 1010. The molecule has 0 saturated heterocycles. The fourth-order valence-corrected chi connectivity index (χ4v) is 3.56. The van der Waals surface area contributed by atoms with E-state index in [1.165, 1.54) is 6.07 Å². The molecular formula is C19H16BrF2N3O. The van der Waals surface area contributed by atoms with Crippen LogP contribution in [0, 0.1) is 6.92 Å². The first kappa shape index (κ1) is 17.1. The van der Waals surface area contributed by atoms with Crippen LogP contribution in [0.25, 0.3) is 10.9 Å². The number of benzene rings is 2. The SMILES string of the molecule is Cc1nc(N[C@H](C)c2cccc3c2OCC3(F)F)c2cc(Br)ccc2n1. The largest absolute Gasteiger partial charge is 0.486 e. The quantitative estimate of drug-likeness (QED) is 0.620. The van der Waals surface area contributed by atoms with Crippen LogP contribution in [0.5, 0.6) is 5.75 Å². The second kappa shape index (κ2) is 6.16. The summed E-state index contributed by atoms with van der Waals surface area (Å²) < 4.78 is 34.1. The summed E-state index contributed by atoms with van der Waals surface area (Å²) in [5, 5.41) is 4.19. The molecule has 0 spiro atoms. The maximum absolute atomic E-state index is 13.9. The van der Waals surface area contributed by atoms with E-state index in [1.807, 2.05) is 32.0 Å². The molecule has 3 aromatic rings. The van der Waals surface area contributed by atoms with E-state index in [0.717, 1.165) is 15.4 Å². The predicted octanol–water partition coefficient (Wildman–Crippen LogP) is 5.36. The normalized spacial score (nSPS) is 16.2. The minimum atomic E-state index is -2.95. The molecule has 0 radical (unpaired) electrons. The Hall–Kier alpha value is -2.28. The Balaban J connectivity index is 1.74. The van der Waals surface area contributed by atoms with Crippen molar-refractivity contribution in [1.82, 2.24) is 9.97 Å². The van der Waals surface area contributed by atoms with Crippen molar-refractivity contribution in [1.29, 1.82) is 0 Å². The van der Waals surface area contributed by atoms with Crippen molar-refractivity contribution >= 4 is 32.7 Å². The van der Waals surface area contributed by atoms with Gasteiger partial charge >= 0.3 is 5.92 Å². The molecule has 26 heavy (non-hydrogen) atoms. The maximum atomic E-state index is 13.9. The van der Waals surface area contributed by atoms with E-state index in [0.29, 0.717) is 17.2 Å². The second-order valence-electron chi connectivity index (χ2n) is 6.36. The van der Waals surface area contributed by atoms with Gasteiger partial charge in [0.15, 0.2) is 6.61 Å². The van der Waals surface area contributed by atoms with Crippen LogP contribution in [0.2, 0.25) is 0 Å². The molecule has 0 aliphatic carbocycles. The van der Waals surface area contributed by atoms with Crippen molar-refractivity contribution in [3.05, 3.63) is 57.8 Å². The molecular weight excluding hydrogens is 404 g/mol. The summed E-state index contributed by atoms with van der Waals surface area (Å²) >= 11 is 3.46. The van der Waals surface area contributed by atoms with Gasteiger partial charge in [0.05, 0.1) is 17.1 Å². The molecule has 1 N–H and O–H groups in total. The van der Waals surface area contributed by atoms with Crippen molar-refractivity contribution < 1.29 is 13.5 Å². The van der Waals surface area contributed by atoms with Gasteiger partial charge in [-0.25, -0.2) is 9.97 Å². The van der Waals surface area contributed by atoms with E-state index >= 15 is 0 Å². The van der Waals surface area contributed by atoms with E-state index in [9.17, 15) is 8.78 Å². The molecule has 0 saturated carbocycles. The van der Waals surface area contributed by atoms with E-state index in [-0.39, 0.29) is 17.4 Å². The van der Waals surface area contributed by atoms with Crippen LogP contribution >= 0.6 is 15.9 Å². The second-order valence-corrected chi connectivity index (χ2v) is 7.28. The van der Waals surface area contributed by atoms with E-state index in [2.05, 4.69) is 31.2 Å².